The molecule has 0 aliphatic carbocycles. The summed E-state index contributed by atoms with van der Waals surface area (Å²) in [4.78, 5) is 6.77. The summed E-state index contributed by atoms with van der Waals surface area (Å²) in [6, 6.07) is 3.53. The number of piperidine rings is 1. The second kappa shape index (κ2) is 8.80. The topological polar surface area (TPSA) is 70.2 Å². The Kier molecular flexibility index (Phi) is 6.74. The van der Waals surface area contributed by atoms with Gasteiger partial charge in [-0.25, -0.2) is 4.99 Å². The Balaban J connectivity index is 1.90. The van der Waals surface area contributed by atoms with Crippen LogP contribution in [0.2, 0.25) is 0 Å². The van der Waals surface area contributed by atoms with Crippen LogP contribution in [0.5, 0.6) is 0 Å². The van der Waals surface area contributed by atoms with Crippen molar-refractivity contribution < 1.29 is 14.3 Å². The van der Waals surface area contributed by atoms with Crippen LogP contribution >= 0.6 is 0 Å². The molecule has 22 heavy (non-hydrogen) atoms. The lowest BCUT2D eigenvalue weighted by atomic mass is 10.1. The maximum atomic E-state index is 10.1. The zero-order valence-electron chi connectivity index (χ0n) is 13.5. The molecule has 0 radical (unpaired) electrons. The molecule has 1 aliphatic rings. The van der Waals surface area contributed by atoms with Gasteiger partial charge in [-0.2, -0.15) is 0 Å². The van der Waals surface area contributed by atoms with Crippen LogP contribution in [-0.2, 0) is 4.74 Å². The Morgan fingerprint density at radius 3 is 2.86 bits per heavy atom. The first-order chi connectivity index (χ1) is 10.7. The number of likely N-dealkylation sites (tertiary alicyclic amines) is 1. The average molecular weight is 309 g/mol. The molecule has 2 N–H and O–H groups in total. The molecule has 2 heterocycles. The fourth-order valence-electron chi connectivity index (χ4n) is 2.64. The lowest BCUT2D eigenvalue weighted by molar-refractivity contribution is 0.0263. The standard InChI is InChI=1S/C16H27N3O3/c1-3-17-16(18-12-14(20)15-6-5-11-22-15)19-9-7-13(8-10-19)21-4-2/h5-6,11,13-14,20H,3-4,7-10,12H2,1-2H3,(H,17,18). The van der Waals surface area contributed by atoms with Gasteiger partial charge in [0.05, 0.1) is 18.9 Å². The van der Waals surface area contributed by atoms with Crippen LogP contribution in [-0.4, -0.2) is 54.9 Å². The van der Waals surface area contributed by atoms with E-state index in [-0.39, 0.29) is 0 Å². The molecule has 2 rings (SSSR count). The molecular weight excluding hydrogens is 282 g/mol. The molecule has 6 heteroatoms. The van der Waals surface area contributed by atoms with Crippen molar-refractivity contribution in [2.75, 3.05) is 32.8 Å². The second-order valence-electron chi connectivity index (χ2n) is 5.37. The van der Waals surface area contributed by atoms with E-state index in [1.807, 2.05) is 13.8 Å². The van der Waals surface area contributed by atoms with Gasteiger partial charge in [0.15, 0.2) is 5.96 Å². The largest absolute Gasteiger partial charge is 0.467 e. The molecule has 1 fully saturated rings. The van der Waals surface area contributed by atoms with Crippen molar-refractivity contribution in [1.82, 2.24) is 10.2 Å². The van der Waals surface area contributed by atoms with Crippen LogP contribution in [0.15, 0.2) is 27.8 Å². The van der Waals surface area contributed by atoms with E-state index in [4.69, 9.17) is 9.15 Å². The number of guanidine groups is 1. The third-order valence-electron chi connectivity index (χ3n) is 3.76. The normalized spacial score (nSPS) is 18.5. The molecule has 1 saturated heterocycles. The zero-order chi connectivity index (χ0) is 15.8. The molecule has 124 valence electrons. The van der Waals surface area contributed by atoms with Gasteiger partial charge in [0.2, 0.25) is 0 Å². The monoisotopic (exact) mass is 309 g/mol. The summed E-state index contributed by atoms with van der Waals surface area (Å²) in [5.41, 5.74) is 0. The minimum absolute atomic E-state index is 0.293. The van der Waals surface area contributed by atoms with Gasteiger partial charge in [0.1, 0.15) is 11.9 Å². The predicted molar refractivity (Wildman–Crippen MR) is 85.9 cm³/mol. The fraction of sp³-hybridized carbons (Fsp3) is 0.688. The molecule has 1 atom stereocenters. The second-order valence-corrected chi connectivity index (χ2v) is 5.37. The summed E-state index contributed by atoms with van der Waals surface area (Å²) in [5, 5.41) is 13.4. The van der Waals surface area contributed by atoms with Crippen molar-refractivity contribution in [3.63, 3.8) is 0 Å². The van der Waals surface area contributed by atoms with Crippen LogP contribution < -0.4 is 5.32 Å². The average Bonchev–Trinajstić information content (AvgIpc) is 3.07. The summed E-state index contributed by atoms with van der Waals surface area (Å²) in [6.45, 7) is 7.80. The number of aliphatic hydroxyl groups excluding tert-OH is 1. The number of hydrogen-bond donors (Lipinski definition) is 2. The Morgan fingerprint density at radius 1 is 1.50 bits per heavy atom. The number of aliphatic imine (C=N–C) groups is 1. The van der Waals surface area contributed by atoms with E-state index >= 15 is 0 Å². The van der Waals surface area contributed by atoms with Gasteiger partial charge in [-0.3, -0.25) is 0 Å². The van der Waals surface area contributed by atoms with Gasteiger partial charge in [0.25, 0.3) is 0 Å². The third-order valence-corrected chi connectivity index (χ3v) is 3.76. The highest BCUT2D eigenvalue weighted by Crippen LogP contribution is 2.16. The first-order valence-corrected chi connectivity index (χ1v) is 8.10. The molecule has 0 saturated carbocycles. The maximum Gasteiger partial charge on any atom is 0.194 e. The number of nitrogens with one attached hydrogen (secondary N) is 1. The lowest BCUT2D eigenvalue weighted by Crippen LogP contribution is -2.47. The molecule has 6 nitrogen and oxygen atoms in total. The van der Waals surface area contributed by atoms with Gasteiger partial charge < -0.3 is 24.5 Å². The predicted octanol–water partition coefficient (Wildman–Crippen LogP) is 1.78. The molecule has 1 aromatic rings. The van der Waals surface area contributed by atoms with Crippen molar-refractivity contribution in [1.29, 1.82) is 0 Å². The Labute approximate surface area is 132 Å². The highest BCUT2D eigenvalue weighted by molar-refractivity contribution is 5.80. The van der Waals surface area contributed by atoms with Crippen LogP contribution in [0.25, 0.3) is 0 Å². The van der Waals surface area contributed by atoms with Crippen molar-refractivity contribution >= 4 is 5.96 Å². The molecule has 0 spiro atoms. The van der Waals surface area contributed by atoms with Crippen LogP contribution in [0.4, 0.5) is 0 Å². The Bertz CT molecular complexity index is 439. The minimum atomic E-state index is -0.704. The Hall–Kier alpha value is -1.53. The van der Waals surface area contributed by atoms with Crippen LogP contribution in [0.1, 0.15) is 38.6 Å². The summed E-state index contributed by atoms with van der Waals surface area (Å²) >= 11 is 0. The van der Waals surface area contributed by atoms with Crippen LogP contribution in [0.3, 0.4) is 0 Å². The first-order valence-electron chi connectivity index (χ1n) is 8.10. The smallest absolute Gasteiger partial charge is 0.194 e. The van der Waals surface area contributed by atoms with Gasteiger partial charge >= 0.3 is 0 Å². The highest BCUT2D eigenvalue weighted by atomic mass is 16.5. The summed E-state index contributed by atoms with van der Waals surface area (Å²) < 4.78 is 10.9. The Morgan fingerprint density at radius 2 is 2.27 bits per heavy atom. The zero-order valence-corrected chi connectivity index (χ0v) is 13.5. The van der Waals surface area contributed by atoms with E-state index in [9.17, 15) is 5.11 Å². The van der Waals surface area contributed by atoms with Gasteiger partial charge in [-0.05, 0) is 38.8 Å². The molecular formula is C16H27N3O3. The molecule has 0 bridgehead atoms. The van der Waals surface area contributed by atoms with Crippen molar-refractivity contribution in [3.05, 3.63) is 24.2 Å². The third kappa shape index (κ3) is 4.74. The minimum Gasteiger partial charge on any atom is -0.467 e. The van der Waals surface area contributed by atoms with Crippen molar-refractivity contribution in [2.45, 2.75) is 38.9 Å². The van der Waals surface area contributed by atoms with E-state index in [0.717, 1.165) is 45.0 Å². The van der Waals surface area contributed by atoms with Crippen molar-refractivity contribution in [2.24, 2.45) is 4.99 Å². The van der Waals surface area contributed by atoms with Crippen molar-refractivity contribution in [3.8, 4) is 0 Å². The number of rotatable bonds is 6. The number of ether oxygens (including phenoxy) is 1. The SMILES string of the molecule is CCNC(=NCC(O)c1ccco1)N1CCC(OCC)CC1. The summed E-state index contributed by atoms with van der Waals surface area (Å²) in [5.74, 6) is 1.40. The van der Waals surface area contributed by atoms with E-state index < -0.39 is 6.10 Å². The van der Waals surface area contributed by atoms with E-state index in [0.29, 0.717) is 18.4 Å². The first kappa shape index (κ1) is 16.8. The van der Waals surface area contributed by atoms with Gasteiger partial charge in [-0.1, -0.05) is 0 Å². The molecule has 0 aromatic carbocycles. The molecule has 1 aliphatic heterocycles. The van der Waals surface area contributed by atoms with Gasteiger partial charge in [0, 0.05) is 26.2 Å². The van der Waals surface area contributed by atoms with E-state index in [1.54, 1.807) is 18.4 Å². The van der Waals surface area contributed by atoms with E-state index in [1.165, 1.54) is 0 Å². The molecule has 1 unspecified atom stereocenters. The quantitative estimate of drug-likeness (QED) is 0.619. The number of nitrogens with zero attached hydrogens (tertiary/aromatic N) is 2. The van der Waals surface area contributed by atoms with E-state index in [2.05, 4.69) is 15.2 Å². The lowest BCUT2D eigenvalue weighted by Gasteiger charge is -2.34. The maximum absolute atomic E-state index is 10.1. The number of hydrogen-bond acceptors (Lipinski definition) is 4. The van der Waals surface area contributed by atoms with Crippen LogP contribution in [0, 0.1) is 0 Å². The number of aliphatic hydroxyl groups is 1. The number of furan rings is 1. The summed E-state index contributed by atoms with van der Waals surface area (Å²) in [6.07, 6.45) is 3.24. The molecule has 0 amide bonds. The summed E-state index contributed by atoms with van der Waals surface area (Å²) in [7, 11) is 0. The van der Waals surface area contributed by atoms with Gasteiger partial charge in [-0.15, -0.1) is 0 Å². The fourth-order valence-corrected chi connectivity index (χ4v) is 2.64. The molecule has 1 aromatic heterocycles. The highest BCUT2D eigenvalue weighted by Gasteiger charge is 2.22.